The number of nitrogens with one attached hydrogen (secondary N) is 1. The van der Waals surface area contributed by atoms with E-state index in [1.54, 1.807) is 0 Å². The van der Waals surface area contributed by atoms with E-state index >= 15 is 0 Å². The molecule has 1 aromatic rings. The summed E-state index contributed by atoms with van der Waals surface area (Å²) in [6.45, 7) is 4.25. The number of ether oxygens (including phenoxy) is 1. The second-order valence-corrected chi connectivity index (χ2v) is 9.22. The summed E-state index contributed by atoms with van der Waals surface area (Å²) in [4.78, 5) is 23.2. The van der Waals surface area contributed by atoms with E-state index in [4.69, 9.17) is 9.84 Å². The van der Waals surface area contributed by atoms with Crippen LogP contribution in [0.25, 0.3) is 0 Å². The van der Waals surface area contributed by atoms with Crippen LogP contribution in [0.2, 0.25) is 0 Å². The Balaban J connectivity index is 1.64. The summed E-state index contributed by atoms with van der Waals surface area (Å²) in [6.07, 6.45) is 0.485. The van der Waals surface area contributed by atoms with Gasteiger partial charge in [0.2, 0.25) is 10.0 Å². The molecule has 1 aromatic carbocycles. The topological polar surface area (TPSA) is 113 Å². The molecular weight excluding hydrogens is 372 g/mol. The van der Waals surface area contributed by atoms with E-state index in [-0.39, 0.29) is 29.1 Å². The van der Waals surface area contributed by atoms with Gasteiger partial charge < -0.3 is 15.2 Å². The summed E-state index contributed by atoms with van der Waals surface area (Å²) in [5.74, 6) is -1.58. The lowest BCUT2D eigenvalue weighted by Crippen LogP contribution is -2.48. The number of hydrogen-bond acceptors (Lipinski definition) is 5. The molecule has 0 radical (unpaired) electrons. The van der Waals surface area contributed by atoms with E-state index in [1.807, 2.05) is 13.8 Å². The zero-order valence-electron chi connectivity index (χ0n) is 15.3. The number of benzene rings is 1. The third kappa shape index (κ3) is 4.31. The van der Waals surface area contributed by atoms with Gasteiger partial charge in [-0.25, -0.2) is 8.42 Å². The fourth-order valence-corrected chi connectivity index (χ4v) is 5.05. The lowest BCUT2D eigenvalue weighted by atomic mass is 9.80. The zero-order valence-corrected chi connectivity index (χ0v) is 16.1. The van der Waals surface area contributed by atoms with E-state index < -0.39 is 21.9 Å². The SMILES string of the molecule is CC1CN(S(=O)(=O)c2ccc(C(=O)NC3CC(C(=O)O)C3)cc2)CC(C)O1. The molecule has 2 N–H and O–H groups in total. The Kier molecular flexibility index (Phi) is 5.55. The fraction of sp³-hybridized carbons (Fsp3) is 0.556. The van der Waals surface area contributed by atoms with Crippen LogP contribution in [0.5, 0.6) is 0 Å². The lowest BCUT2D eigenvalue weighted by molar-refractivity contribution is -0.145. The summed E-state index contributed by atoms with van der Waals surface area (Å²) >= 11 is 0. The Morgan fingerprint density at radius 1 is 1.11 bits per heavy atom. The number of carboxylic acid groups (broad SMARTS) is 1. The third-order valence-corrected chi connectivity index (χ3v) is 6.81. The number of amides is 1. The highest BCUT2D eigenvalue weighted by Gasteiger charge is 2.35. The second-order valence-electron chi connectivity index (χ2n) is 7.28. The molecule has 1 saturated heterocycles. The number of rotatable bonds is 5. The summed E-state index contributed by atoms with van der Waals surface area (Å²) < 4.78 is 32.6. The molecule has 8 nitrogen and oxygen atoms in total. The smallest absolute Gasteiger partial charge is 0.306 e. The number of carboxylic acids is 1. The number of morpholine rings is 1. The van der Waals surface area contributed by atoms with Gasteiger partial charge in [-0.15, -0.1) is 0 Å². The Morgan fingerprint density at radius 2 is 1.67 bits per heavy atom. The molecule has 1 aliphatic carbocycles. The summed E-state index contributed by atoms with van der Waals surface area (Å²) in [6, 6.07) is 5.65. The molecule has 2 unspecified atom stereocenters. The monoisotopic (exact) mass is 396 g/mol. The number of carbonyl (C=O) groups excluding carboxylic acids is 1. The molecule has 1 amide bonds. The second kappa shape index (κ2) is 7.57. The first kappa shape index (κ1) is 19.8. The van der Waals surface area contributed by atoms with Crippen molar-refractivity contribution in [3.63, 3.8) is 0 Å². The highest BCUT2D eigenvalue weighted by molar-refractivity contribution is 7.89. The van der Waals surface area contributed by atoms with Gasteiger partial charge in [-0.05, 0) is 51.0 Å². The van der Waals surface area contributed by atoms with Crippen molar-refractivity contribution in [2.75, 3.05) is 13.1 Å². The van der Waals surface area contributed by atoms with Crippen LogP contribution in [0, 0.1) is 5.92 Å². The van der Waals surface area contributed by atoms with Gasteiger partial charge in [0.15, 0.2) is 0 Å². The Bertz CT molecular complexity index is 807. The Labute approximate surface area is 158 Å². The maximum atomic E-state index is 12.8. The predicted octanol–water partition coefficient (Wildman–Crippen LogP) is 1.08. The molecule has 27 heavy (non-hydrogen) atoms. The van der Waals surface area contributed by atoms with Gasteiger partial charge in [-0.3, -0.25) is 9.59 Å². The van der Waals surface area contributed by atoms with Crippen LogP contribution in [-0.4, -0.2) is 61.0 Å². The first-order chi connectivity index (χ1) is 12.7. The lowest BCUT2D eigenvalue weighted by Gasteiger charge is -2.34. The Morgan fingerprint density at radius 3 is 2.19 bits per heavy atom. The number of hydrogen-bond donors (Lipinski definition) is 2. The van der Waals surface area contributed by atoms with Gasteiger partial charge in [0.05, 0.1) is 23.0 Å². The molecule has 9 heteroatoms. The molecule has 2 atom stereocenters. The molecule has 0 spiro atoms. The van der Waals surface area contributed by atoms with E-state index in [1.165, 1.54) is 28.6 Å². The van der Waals surface area contributed by atoms with Gasteiger partial charge in [0, 0.05) is 24.7 Å². The van der Waals surface area contributed by atoms with Crippen molar-refractivity contribution in [2.24, 2.45) is 5.92 Å². The maximum Gasteiger partial charge on any atom is 0.306 e. The van der Waals surface area contributed by atoms with Crippen LogP contribution in [0.3, 0.4) is 0 Å². The van der Waals surface area contributed by atoms with Crippen molar-refractivity contribution >= 4 is 21.9 Å². The van der Waals surface area contributed by atoms with E-state index in [0.29, 0.717) is 31.5 Å². The molecular formula is C18H24N2O6S. The molecule has 1 aliphatic heterocycles. The average Bonchev–Trinajstić information content (AvgIpc) is 2.56. The van der Waals surface area contributed by atoms with Gasteiger partial charge in [0.25, 0.3) is 5.91 Å². The zero-order chi connectivity index (χ0) is 19.8. The highest BCUT2D eigenvalue weighted by atomic mass is 32.2. The van der Waals surface area contributed by atoms with Crippen LogP contribution in [0.4, 0.5) is 0 Å². The van der Waals surface area contributed by atoms with Crippen molar-refractivity contribution in [1.29, 1.82) is 0 Å². The van der Waals surface area contributed by atoms with Crippen LogP contribution in [0.15, 0.2) is 29.2 Å². The van der Waals surface area contributed by atoms with Crippen LogP contribution in [0.1, 0.15) is 37.0 Å². The highest BCUT2D eigenvalue weighted by Crippen LogP contribution is 2.28. The minimum absolute atomic E-state index is 0.134. The molecule has 3 rings (SSSR count). The average molecular weight is 396 g/mol. The summed E-state index contributed by atoms with van der Waals surface area (Å²) in [7, 11) is -3.65. The maximum absolute atomic E-state index is 12.8. The van der Waals surface area contributed by atoms with Crippen molar-refractivity contribution in [3.8, 4) is 0 Å². The normalized spacial score (nSPS) is 29.0. The largest absolute Gasteiger partial charge is 0.481 e. The van der Waals surface area contributed by atoms with E-state index in [9.17, 15) is 18.0 Å². The number of sulfonamides is 1. The first-order valence-electron chi connectivity index (χ1n) is 8.96. The standard InChI is InChI=1S/C18H24N2O6S/c1-11-9-20(10-12(2)26-11)27(24,25)16-5-3-13(4-6-16)17(21)19-15-7-14(8-15)18(22)23/h3-6,11-12,14-15H,7-10H2,1-2H3,(H,19,21)(H,22,23). The Hall–Kier alpha value is -1.97. The molecule has 2 aliphatic rings. The molecule has 0 aromatic heterocycles. The van der Waals surface area contributed by atoms with Crippen molar-refractivity contribution in [1.82, 2.24) is 9.62 Å². The van der Waals surface area contributed by atoms with Crippen LogP contribution in [-0.2, 0) is 19.6 Å². The van der Waals surface area contributed by atoms with E-state index in [2.05, 4.69) is 5.32 Å². The van der Waals surface area contributed by atoms with Crippen molar-refractivity contribution < 1.29 is 27.9 Å². The predicted molar refractivity (Wildman–Crippen MR) is 96.8 cm³/mol. The fourth-order valence-electron chi connectivity index (χ4n) is 3.46. The number of aliphatic carboxylic acids is 1. The van der Waals surface area contributed by atoms with Gasteiger partial charge in [-0.2, -0.15) is 4.31 Å². The van der Waals surface area contributed by atoms with Crippen LogP contribution < -0.4 is 5.32 Å². The minimum atomic E-state index is -3.65. The molecule has 148 valence electrons. The van der Waals surface area contributed by atoms with Gasteiger partial charge >= 0.3 is 5.97 Å². The van der Waals surface area contributed by atoms with Gasteiger partial charge in [-0.1, -0.05) is 0 Å². The third-order valence-electron chi connectivity index (χ3n) is 4.96. The van der Waals surface area contributed by atoms with Crippen molar-refractivity contribution in [2.45, 2.75) is 49.8 Å². The quantitative estimate of drug-likeness (QED) is 0.770. The molecule has 2 fully saturated rings. The molecule has 1 saturated carbocycles. The van der Waals surface area contributed by atoms with Crippen LogP contribution >= 0.6 is 0 Å². The number of carbonyl (C=O) groups is 2. The molecule has 1 heterocycles. The summed E-state index contributed by atoms with van der Waals surface area (Å²) in [5.41, 5.74) is 0.344. The molecule has 0 bridgehead atoms. The van der Waals surface area contributed by atoms with E-state index in [0.717, 1.165) is 0 Å². The summed E-state index contributed by atoms with van der Waals surface area (Å²) in [5, 5.41) is 11.6. The minimum Gasteiger partial charge on any atom is -0.481 e. The first-order valence-corrected chi connectivity index (χ1v) is 10.4. The van der Waals surface area contributed by atoms with Gasteiger partial charge in [0.1, 0.15) is 0 Å². The number of nitrogens with zero attached hydrogens (tertiary/aromatic N) is 1. The van der Waals surface area contributed by atoms with Crippen molar-refractivity contribution in [3.05, 3.63) is 29.8 Å².